The number of rotatable bonds is 4. The van der Waals surface area contributed by atoms with Crippen LogP contribution in [-0.2, 0) is 15.8 Å². The summed E-state index contributed by atoms with van der Waals surface area (Å²) in [6, 6.07) is 9.01. The van der Waals surface area contributed by atoms with Crippen molar-refractivity contribution in [2.24, 2.45) is 0 Å². The number of pyridine rings is 1. The zero-order valence-corrected chi connectivity index (χ0v) is 13.6. The zero-order chi connectivity index (χ0) is 17.7. The summed E-state index contributed by atoms with van der Waals surface area (Å²) < 4.78 is 38.3. The van der Waals surface area contributed by atoms with E-state index in [-0.39, 0.29) is 11.5 Å². The van der Waals surface area contributed by atoms with Crippen molar-refractivity contribution in [3.05, 3.63) is 52.6 Å². The fourth-order valence-corrected chi connectivity index (χ4v) is 2.13. The number of aromatic nitrogens is 1. The molecule has 0 radical (unpaired) electrons. The minimum Gasteiger partial charge on any atom is -0.326 e. The lowest BCUT2D eigenvalue weighted by atomic mass is 10.2. The summed E-state index contributed by atoms with van der Waals surface area (Å²) in [4.78, 5) is 27.5. The van der Waals surface area contributed by atoms with Gasteiger partial charge in [0.25, 0.3) is 0 Å². The van der Waals surface area contributed by atoms with E-state index in [2.05, 4.69) is 31.5 Å². The van der Waals surface area contributed by atoms with Crippen molar-refractivity contribution in [1.82, 2.24) is 4.98 Å². The van der Waals surface area contributed by atoms with Gasteiger partial charge in [0.2, 0.25) is 11.8 Å². The van der Waals surface area contributed by atoms with Gasteiger partial charge in [0.1, 0.15) is 16.8 Å². The minimum absolute atomic E-state index is 0.0387. The van der Waals surface area contributed by atoms with Gasteiger partial charge in [0, 0.05) is 5.69 Å². The Morgan fingerprint density at radius 2 is 1.71 bits per heavy atom. The van der Waals surface area contributed by atoms with E-state index < -0.39 is 30.0 Å². The summed E-state index contributed by atoms with van der Waals surface area (Å²) in [6.07, 6.45) is -5.06. The van der Waals surface area contributed by atoms with Gasteiger partial charge in [-0.1, -0.05) is 12.1 Å². The molecule has 0 atom stereocenters. The fourth-order valence-electron chi connectivity index (χ4n) is 1.79. The van der Waals surface area contributed by atoms with Crippen molar-refractivity contribution >= 4 is 39.2 Å². The highest BCUT2D eigenvalue weighted by Gasteiger charge is 2.30. The molecular weight excluding hydrogens is 391 g/mol. The average Bonchev–Trinajstić information content (AvgIpc) is 2.46. The molecule has 1 heterocycles. The summed E-state index contributed by atoms with van der Waals surface area (Å²) in [5.74, 6) is -1.12. The Labute approximate surface area is 143 Å². The van der Waals surface area contributed by atoms with Crippen LogP contribution < -0.4 is 10.6 Å². The smallest absolute Gasteiger partial charge is 0.326 e. The number of hydrogen-bond acceptors (Lipinski definition) is 3. The molecular formula is C15H11BrF3N3O2. The first-order chi connectivity index (χ1) is 11.2. The third-order valence-corrected chi connectivity index (χ3v) is 3.22. The van der Waals surface area contributed by atoms with E-state index in [0.717, 1.165) is 12.1 Å². The number of benzene rings is 1. The van der Waals surface area contributed by atoms with Crippen LogP contribution in [0.1, 0.15) is 12.0 Å². The van der Waals surface area contributed by atoms with E-state index in [1.165, 1.54) is 18.2 Å². The molecule has 0 unspecified atom stereocenters. The largest absolute Gasteiger partial charge is 0.416 e. The summed E-state index contributed by atoms with van der Waals surface area (Å²) >= 11 is 3.14. The fraction of sp³-hybridized carbons (Fsp3) is 0.133. The average molecular weight is 402 g/mol. The maximum atomic E-state index is 12.6. The van der Waals surface area contributed by atoms with E-state index in [9.17, 15) is 22.8 Å². The van der Waals surface area contributed by atoms with Crippen LogP contribution >= 0.6 is 15.9 Å². The van der Waals surface area contributed by atoms with Crippen LogP contribution in [0.2, 0.25) is 0 Å². The van der Waals surface area contributed by atoms with Crippen LogP contribution in [0.5, 0.6) is 0 Å². The van der Waals surface area contributed by atoms with Crippen molar-refractivity contribution in [2.75, 3.05) is 10.6 Å². The summed E-state index contributed by atoms with van der Waals surface area (Å²) in [6.45, 7) is 0. The van der Waals surface area contributed by atoms with Crippen LogP contribution in [-0.4, -0.2) is 16.8 Å². The number of nitrogens with zero attached hydrogens (tertiary/aromatic N) is 1. The molecule has 5 nitrogen and oxygen atoms in total. The van der Waals surface area contributed by atoms with Gasteiger partial charge < -0.3 is 10.6 Å². The quantitative estimate of drug-likeness (QED) is 0.603. The van der Waals surface area contributed by atoms with E-state index in [1.807, 2.05) is 0 Å². The van der Waals surface area contributed by atoms with Crippen LogP contribution in [0, 0.1) is 0 Å². The summed E-state index contributed by atoms with van der Waals surface area (Å²) in [5, 5.41) is 4.67. The highest BCUT2D eigenvalue weighted by Crippen LogP contribution is 2.30. The van der Waals surface area contributed by atoms with Crippen molar-refractivity contribution in [2.45, 2.75) is 12.6 Å². The first-order valence-electron chi connectivity index (χ1n) is 6.63. The Balaban J connectivity index is 1.94. The van der Waals surface area contributed by atoms with Gasteiger partial charge in [-0.2, -0.15) is 13.2 Å². The number of carbonyl (C=O) groups is 2. The molecule has 2 rings (SSSR count). The van der Waals surface area contributed by atoms with Crippen molar-refractivity contribution in [3.8, 4) is 0 Å². The Hall–Kier alpha value is -2.42. The number of carbonyl (C=O) groups excluding carboxylic acids is 2. The molecule has 126 valence electrons. The number of alkyl halides is 3. The van der Waals surface area contributed by atoms with Crippen LogP contribution in [0.4, 0.5) is 24.7 Å². The van der Waals surface area contributed by atoms with Gasteiger partial charge in [-0.3, -0.25) is 9.59 Å². The second-order valence-electron chi connectivity index (χ2n) is 4.70. The van der Waals surface area contributed by atoms with Gasteiger partial charge >= 0.3 is 6.18 Å². The molecule has 2 amide bonds. The Morgan fingerprint density at radius 1 is 1.04 bits per heavy atom. The number of halogens is 4. The minimum atomic E-state index is -4.51. The van der Waals surface area contributed by atoms with Crippen molar-refractivity contribution < 1.29 is 22.8 Å². The maximum Gasteiger partial charge on any atom is 0.416 e. The van der Waals surface area contributed by atoms with Gasteiger partial charge in [0.15, 0.2) is 0 Å². The molecule has 0 aliphatic carbocycles. The van der Waals surface area contributed by atoms with Crippen molar-refractivity contribution in [3.63, 3.8) is 0 Å². The highest BCUT2D eigenvalue weighted by molar-refractivity contribution is 9.10. The molecule has 0 saturated carbocycles. The molecule has 1 aromatic carbocycles. The Kier molecular flexibility index (Phi) is 5.55. The Bertz CT molecular complexity index is 766. The van der Waals surface area contributed by atoms with Gasteiger partial charge in [0.05, 0.1) is 5.56 Å². The number of anilines is 2. The highest BCUT2D eigenvalue weighted by atomic mass is 79.9. The number of hydrogen-bond donors (Lipinski definition) is 2. The second-order valence-corrected chi connectivity index (χ2v) is 5.51. The predicted octanol–water partition coefficient (Wildman–Crippen LogP) is 3.83. The maximum absolute atomic E-state index is 12.6. The lowest BCUT2D eigenvalue weighted by Gasteiger charge is -2.10. The molecule has 0 saturated heterocycles. The molecule has 9 heteroatoms. The summed E-state index contributed by atoms with van der Waals surface area (Å²) in [5.41, 5.74) is -0.925. The molecule has 24 heavy (non-hydrogen) atoms. The standard InChI is InChI=1S/C15H11BrF3N3O2/c16-11-5-2-6-12(21-11)22-14(24)8-13(23)20-10-4-1-3-9(7-10)15(17,18)19/h1-7H,8H2,(H,20,23)(H,21,22,24). The lowest BCUT2D eigenvalue weighted by molar-refractivity contribution is -0.137. The van der Waals surface area contributed by atoms with Gasteiger partial charge in [-0.25, -0.2) is 4.98 Å². The molecule has 0 bridgehead atoms. The van der Waals surface area contributed by atoms with Crippen LogP contribution in [0.3, 0.4) is 0 Å². The summed E-state index contributed by atoms with van der Waals surface area (Å²) in [7, 11) is 0. The van der Waals surface area contributed by atoms with E-state index in [1.54, 1.807) is 12.1 Å². The molecule has 0 aliphatic rings. The van der Waals surface area contributed by atoms with E-state index in [4.69, 9.17) is 0 Å². The predicted molar refractivity (Wildman–Crippen MR) is 85.3 cm³/mol. The first kappa shape index (κ1) is 17.9. The third kappa shape index (κ3) is 5.34. The third-order valence-electron chi connectivity index (χ3n) is 2.78. The molecule has 0 spiro atoms. The second kappa shape index (κ2) is 7.43. The Morgan fingerprint density at radius 3 is 2.38 bits per heavy atom. The lowest BCUT2D eigenvalue weighted by Crippen LogP contribution is -2.22. The van der Waals surface area contributed by atoms with E-state index >= 15 is 0 Å². The van der Waals surface area contributed by atoms with E-state index in [0.29, 0.717) is 4.60 Å². The number of nitrogens with one attached hydrogen (secondary N) is 2. The molecule has 1 aromatic heterocycles. The van der Waals surface area contributed by atoms with Gasteiger partial charge in [-0.05, 0) is 46.3 Å². The molecule has 2 N–H and O–H groups in total. The van der Waals surface area contributed by atoms with Crippen molar-refractivity contribution in [1.29, 1.82) is 0 Å². The van der Waals surface area contributed by atoms with Crippen LogP contribution in [0.15, 0.2) is 47.1 Å². The zero-order valence-electron chi connectivity index (χ0n) is 12.0. The normalized spacial score (nSPS) is 11.0. The topological polar surface area (TPSA) is 71.1 Å². The van der Waals surface area contributed by atoms with Crippen LogP contribution in [0.25, 0.3) is 0 Å². The van der Waals surface area contributed by atoms with Gasteiger partial charge in [-0.15, -0.1) is 0 Å². The monoisotopic (exact) mass is 401 g/mol. The number of amides is 2. The molecule has 2 aromatic rings. The molecule has 0 aliphatic heterocycles. The first-order valence-corrected chi connectivity index (χ1v) is 7.43. The SMILES string of the molecule is O=C(CC(=O)Nc1cccc(Br)n1)Nc1cccc(C(F)(F)F)c1. The molecule has 0 fully saturated rings.